The molecule has 0 rings (SSSR count). The number of carbonyl (C=O) groups is 6. The highest BCUT2D eigenvalue weighted by Crippen LogP contribution is 2.10. The van der Waals surface area contributed by atoms with Crippen molar-refractivity contribution in [2.24, 2.45) is 17.6 Å². The van der Waals surface area contributed by atoms with Gasteiger partial charge in [-0.3, -0.25) is 24.5 Å². The molecule has 14 heteroatoms. The highest BCUT2D eigenvalue weighted by molar-refractivity contribution is 6.26. The largest absolute Gasteiger partial charge is 0.461 e. The molecule has 0 heterocycles. The quantitative estimate of drug-likeness (QED) is 0.0584. The van der Waals surface area contributed by atoms with E-state index in [1.807, 2.05) is 27.7 Å². The Morgan fingerprint density at radius 1 is 0.714 bits per heavy atom. The number of amides is 2. The molecular formula is C28H48N6O8. The number of esters is 2. The lowest BCUT2D eigenvalue weighted by atomic mass is 10.0. The number of ketones is 2. The smallest absolute Gasteiger partial charge is 0.329 e. The minimum atomic E-state index is -1.21. The third-order valence-electron chi connectivity index (χ3n) is 5.86. The van der Waals surface area contributed by atoms with Crippen LogP contribution in [0.25, 0.3) is 0 Å². The van der Waals surface area contributed by atoms with E-state index in [0.717, 1.165) is 0 Å². The second-order valence-electron chi connectivity index (χ2n) is 11.1. The average molecular weight is 597 g/mol. The summed E-state index contributed by atoms with van der Waals surface area (Å²) in [5, 5.41) is 22.0. The van der Waals surface area contributed by atoms with Gasteiger partial charge in [-0.2, -0.15) is 0 Å². The SMILES string of the molecule is CC(C)C[C@H](NCOC(=O)[C@H](CCC(=O)C=N)NC(=O)[C@@H](N)CC(C)C)C(=O)N[C@@H](CCC(=O)C=N)C(=O)OC(C)C. The molecule has 14 nitrogen and oxygen atoms in total. The number of nitrogens with one attached hydrogen (secondary N) is 5. The van der Waals surface area contributed by atoms with Gasteiger partial charge >= 0.3 is 11.9 Å². The highest BCUT2D eigenvalue weighted by Gasteiger charge is 2.29. The van der Waals surface area contributed by atoms with Gasteiger partial charge < -0.3 is 36.7 Å². The first-order valence-electron chi connectivity index (χ1n) is 14.1. The Balaban J connectivity index is 5.50. The molecule has 0 saturated heterocycles. The molecule has 238 valence electrons. The number of nitrogens with two attached hydrogens (primary N) is 1. The Morgan fingerprint density at radius 2 is 1.19 bits per heavy atom. The van der Waals surface area contributed by atoms with Crippen molar-refractivity contribution in [1.82, 2.24) is 16.0 Å². The van der Waals surface area contributed by atoms with Crippen molar-refractivity contribution in [1.29, 1.82) is 10.8 Å². The van der Waals surface area contributed by atoms with E-state index >= 15 is 0 Å². The molecule has 0 bridgehead atoms. The lowest BCUT2D eigenvalue weighted by molar-refractivity contribution is -0.152. The summed E-state index contributed by atoms with van der Waals surface area (Å²) < 4.78 is 10.5. The van der Waals surface area contributed by atoms with Gasteiger partial charge in [0.05, 0.1) is 30.6 Å². The van der Waals surface area contributed by atoms with E-state index in [4.69, 9.17) is 26.0 Å². The zero-order valence-corrected chi connectivity index (χ0v) is 25.5. The molecule has 0 aromatic rings. The van der Waals surface area contributed by atoms with E-state index in [0.29, 0.717) is 25.3 Å². The Hall–Kier alpha value is -3.52. The van der Waals surface area contributed by atoms with Gasteiger partial charge in [-0.05, 0) is 51.4 Å². The molecule has 4 atom stereocenters. The molecule has 0 aliphatic heterocycles. The van der Waals surface area contributed by atoms with Crippen molar-refractivity contribution in [3.05, 3.63) is 0 Å². The maximum Gasteiger partial charge on any atom is 0.329 e. The summed E-state index contributed by atoms with van der Waals surface area (Å²) >= 11 is 0. The number of rotatable bonds is 22. The fourth-order valence-electron chi connectivity index (χ4n) is 3.76. The summed E-state index contributed by atoms with van der Waals surface area (Å²) in [6, 6.07) is -4.12. The van der Waals surface area contributed by atoms with Crippen LogP contribution in [-0.2, 0) is 38.2 Å². The van der Waals surface area contributed by atoms with Crippen LogP contribution in [-0.4, -0.2) is 84.8 Å². The topological polar surface area (TPSA) is 231 Å². The third-order valence-corrected chi connectivity index (χ3v) is 5.86. The van der Waals surface area contributed by atoms with Gasteiger partial charge in [0.25, 0.3) is 0 Å². The van der Waals surface area contributed by atoms with Crippen molar-refractivity contribution in [2.45, 2.75) is 110 Å². The molecule has 0 fully saturated rings. The molecule has 42 heavy (non-hydrogen) atoms. The number of hydrogen-bond acceptors (Lipinski definition) is 12. The van der Waals surface area contributed by atoms with E-state index in [1.165, 1.54) is 0 Å². The van der Waals surface area contributed by atoms with E-state index in [1.54, 1.807) is 13.8 Å². The third kappa shape index (κ3) is 16.7. The number of Topliss-reactive ketones (excluding diaryl/α,β-unsaturated/α-hetero) is 2. The standard InChI is InChI=1S/C28H48N6O8/c1-16(2)11-21(31)25(37)33-22(9-7-19(35)13-29)27(39)41-15-32-24(12-17(3)4)26(38)34-23(10-8-20(36)14-30)28(40)42-18(5)6/h13-14,16-18,21-24,29-30,32H,7-12,15,31H2,1-6H3,(H,33,37)(H,34,38)/t21-,22-,23-,24-/m0/s1. The van der Waals surface area contributed by atoms with E-state index in [9.17, 15) is 28.8 Å². The van der Waals surface area contributed by atoms with Gasteiger partial charge in [-0.25, -0.2) is 9.59 Å². The van der Waals surface area contributed by atoms with Gasteiger partial charge in [-0.15, -0.1) is 0 Å². The van der Waals surface area contributed by atoms with Crippen molar-refractivity contribution in [3.63, 3.8) is 0 Å². The fourth-order valence-corrected chi connectivity index (χ4v) is 3.76. The van der Waals surface area contributed by atoms with Gasteiger partial charge in [0, 0.05) is 12.8 Å². The summed E-state index contributed by atoms with van der Waals surface area (Å²) in [4.78, 5) is 74.3. The predicted octanol–water partition coefficient (Wildman–Crippen LogP) is 0.784. The van der Waals surface area contributed by atoms with E-state index < -0.39 is 72.3 Å². The molecule has 0 aliphatic carbocycles. The minimum Gasteiger partial charge on any atom is -0.461 e. The predicted molar refractivity (Wildman–Crippen MR) is 156 cm³/mol. The molecule has 0 aromatic heterocycles. The van der Waals surface area contributed by atoms with E-state index in [2.05, 4.69) is 16.0 Å². The van der Waals surface area contributed by atoms with Crippen LogP contribution in [0.3, 0.4) is 0 Å². The summed E-state index contributed by atoms with van der Waals surface area (Å²) in [5.41, 5.74) is 5.91. The lowest BCUT2D eigenvalue weighted by Gasteiger charge is -2.25. The monoisotopic (exact) mass is 596 g/mol. The number of carbonyl (C=O) groups excluding carboxylic acids is 6. The van der Waals surface area contributed by atoms with Crippen molar-refractivity contribution in [2.75, 3.05) is 6.73 Å². The molecular weight excluding hydrogens is 548 g/mol. The first-order valence-corrected chi connectivity index (χ1v) is 14.1. The first-order chi connectivity index (χ1) is 19.6. The number of ether oxygens (including phenoxy) is 2. The van der Waals surface area contributed by atoms with Crippen LogP contribution in [0.1, 0.15) is 80.1 Å². The molecule has 0 aromatic carbocycles. The number of hydrogen-bond donors (Lipinski definition) is 6. The normalized spacial score (nSPS) is 14.0. The fraction of sp³-hybridized carbons (Fsp3) is 0.714. The van der Waals surface area contributed by atoms with Crippen LogP contribution >= 0.6 is 0 Å². The van der Waals surface area contributed by atoms with Crippen LogP contribution in [0.15, 0.2) is 0 Å². The lowest BCUT2D eigenvalue weighted by Crippen LogP contribution is -2.52. The summed E-state index contributed by atoms with van der Waals surface area (Å²) in [6.07, 6.45) is 0.978. The second-order valence-corrected chi connectivity index (χ2v) is 11.1. The Labute approximate surface area is 247 Å². The molecule has 0 spiro atoms. The highest BCUT2D eigenvalue weighted by atomic mass is 16.5. The van der Waals surface area contributed by atoms with Crippen LogP contribution < -0.4 is 21.7 Å². The van der Waals surface area contributed by atoms with E-state index in [-0.39, 0.29) is 37.5 Å². The van der Waals surface area contributed by atoms with Gasteiger partial charge in [-0.1, -0.05) is 27.7 Å². The van der Waals surface area contributed by atoms with Gasteiger partial charge in [0.15, 0.2) is 11.6 Å². The van der Waals surface area contributed by atoms with Crippen LogP contribution in [0.2, 0.25) is 0 Å². The molecule has 2 amide bonds. The summed E-state index contributed by atoms with van der Waals surface area (Å²) in [7, 11) is 0. The molecule has 0 aliphatic rings. The Bertz CT molecular complexity index is 953. The maximum absolute atomic E-state index is 13.1. The Morgan fingerprint density at radius 3 is 1.64 bits per heavy atom. The molecule has 0 saturated carbocycles. The van der Waals surface area contributed by atoms with Crippen molar-refractivity contribution < 1.29 is 38.2 Å². The van der Waals surface area contributed by atoms with Crippen molar-refractivity contribution >= 4 is 47.7 Å². The van der Waals surface area contributed by atoms with Crippen molar-refractivity contribution in [3.8, 4) is 0 Å². The molecule has 0 unspecified atom stereocenters. The van der Waals surface area contributed by atoms with Gasteiger partial charge in [0.2, 0.25) is 11.8 Å². The molecule has 7 N–H and O–H groups in total. The second kappa shape index (κ2) is 20.4. The Kier molecular flexibility index (Phi) is 18.7. The van der Waals surface area contributed by atoms with Crippen LogP contribution in [0.5, 0.6) is 0 Å². The zero-order valence-electron chi connectivity index (χ0n) is 25.5. The first kappa shape index (κ1) is 38.5. The van der Waals surface area contributed by atoms with Crippen LogP contribution in [0, 0.1) is 22.7 Å². The minimum absolute atomic E-state index is 0.0196. The zero-order chi connectivity index (χ0) is 32.4. The average Bonchev–Trinajstić information content (AvgIpc) is 2.90. The molecule has 0 radical (unpaired) electrons. The summed E-state index contributed by atoms with van der Waals surface area (Å²) in [6.45, 7) is 10.4. The van der Waals surface area contributed by atoms with Crippen LogP contribution in [0.4, 0.5) is 0 Å². The summed E-state index contributed by atoms with van der Waals surface area (Å²) in [5.74, 6) is -3.65. The maximum atomic E-state index is 13.1. The van der Waals surface area contributed by atoms with Gasteiger partial charge in [0.1, 0.15) is 18.8 Å².